The van der Waals surface area contributed by atoms with Crippen LogP contribution in [0.2, 0.25) is 0 Å². The van der Waals surface area contributed by atoms with Crippen molar-refractivity contribution in [3.63, 3.8) is 0 Å². The van der Waals surface area contributed by atoms with Gasteiger partial charge in [0.2, 0.25) is 0 Å². The van der Waals surface area contributed by atoms with Gasteiger partial charge in [-0.1, -0.05) is 6.92 Å². The van der Waals surface area contributed by atoms with Crippen molar-refractivity contribution in [2.24, 2.45) is 64.1 Å². The highest BCUT2D eigenvalue weighted by Crippen LogP contribution is 2.96. The van der Waals surface area contributed by atoms with Gasteiger partial charge in [-0.2, -0.15) is 0 Å². The molecule has 0 nitrogen and oxygen atoms in total. The summed E-state index contributed by atoms with van der Waals surface area (Å²) in [6.45, 7) is 2.64. The highest BCUT2D eigenvalue weighted by atomic mass is 14.9. The normalized spacial score (nSPS) is 80.4. The molecule has 11 unspecified atom stereocenters. The predicted molar refractivity (Wildman–Crippen MR) is 74.3 cm³/mol. The van der Waals surface area contributed by atoms with Crippen molar-refractivity contribution in [2.45, 2.75) is 51.9 Å². The van der Waals surface area contributed by atoms with Crippen LogP contribution in [0.25, 0.3) is 0 Å². The molecule has 0 radical (unpaired) electrons. The van der Waals surface area contributed by atoms with Gasteiger partial charge in [0.25, 0.3) is 0 Å². The maximum absolute atomic E-state index is 2.64. The first kappa shape index (κ1) is 9.85. The van der Waals surface area contributed by atoms with Gasteiger partial charge in [0.15, 0.2) is 0 Å². The smallest absolute Gasteiger partial charge is 0.0168 e. The largest absolute Gasteiger partial charge is 0.0622 e. The summed E-state index contributed by atoms with van der Waals surface area (Å²) >= 11 is 0. The Labute approximate surface area is 116 Å². The summed E-state index contributed by atoms with van der Waals surface area (Å²) in [6.07, 6.45) is 11.7. The first-order chi connectivity index (χ1) is 9.27. The molecule has 0 aliphatic heterocycles. The summed E-state index contributed by atoms with van der Waals surface area (Å²) in [5.41, 5.74) is 1.88. The second-order valence-electron chi connectivity index (χ2n) is 9.94. The van der Waals surface area contributed by atoms with Crippen LogP contribution < -0.4 is 0 Å². The van der Waals surface area contributed by atoms with Crippen LogP contribution in [0.5, 0.6) is 0 Å². The molecule has 7 saturated carbocycles. The number of hydrogen-bond acceptors (Lipinski definition) is 0. The Bertz CT molecular complexity index is 508. The first-order valence-corrected chi connectivity index (χ1v) is 9.27. The maximum Gasteiger partial charge on any atom is -0.0168 e. The molecule has 19 heavy (non-hydrogen) atoms. The second-order valence-corrected chi connectivity index (χ2v) is 9.94. The minimum absolute atomic E-state index is 0.924. The molecule has 0 heterocycles. The zero-order valence-corrected chi connectivity index (χ0v) is 12.1. The number of fused-ring (bicyclic) bond motifs is 5. The lowest BCUT2D eigenvalue weighted by molar-refractivity contribution is -0.248. The molecule has 7 fully saturated rings. The van der Waals surface area contributed by atoms with Gasteiger partial charge < -0.3 is 0 Å². The van der Waals surface area contributed by atoms with Gasteiger partial charge in [-0.05, 0) is 109 Å². The minimum Gasteiger partial charge on any atom is -0.0622 e. The van der Waals surface area contributed by atoms with Crippen LogP contribution in [0.3, 0.4) is 0 Å². The van der Waals surface area contributed by atoms with Crippen LogP contribution in [-0.4, -0.2) is 0 Å². The third kappa shape index (κ3) is 0.653. The fraction of sp³-hybridized carbons (Fsp3) is 1.00. The van der Waals surface area contributed by atoms with E-state index in [9.17, 15) is 0 Å². The monoisotopic (exact) mass is 254 g/mol. The average molecular weight is 254 g/mol. The van der Waals surface area contributed by atoms with Crippen molar-refractivity contribution < 1.29 is 0 Å². The molecule has 0 aromatic rings. The molecular formula is C19H26. The fourth-order valence-corrected chi connectivity index (χ4v) is 10.6. The van der Waals surface area contributed by atoms with E-state index >= 15 is 0 Å². The molecular weight excluding hydrogens is 228 g/mol. The molecule has 0 saturated heterocycles. The molecule has 0 heteroatoms. The summed E-state index contributed by atoms with van der Waals surface area (Å²) < 4.78 is 0. The van der Waals surface area contributed by atoms with Crippen LogP contribution in [-0.2, 0) is 0 Å². The Hall–Kier alpha value is 0. The van der Waals surface area contributed by atoms with E-state index in [0.29, 0.717) is 0 Å². The van der Waals surface area contributed by atoms with E-state index in [1.807, 2.05) is 0 Å². The fourth-order valence-electron chi connectivity index (χ4n) is 10.6. The lowest BCUT2D eigenvalue weighted by Gasteiger charge is -2.72. The van der Waals surface area contributed by atoms with Gasteiger partial charge in [-0.25, -0.2) is 0 Å². The molecule has 7 aliphatic rings. The molecule has 2 spiro atoms. The maximum atomic E-state index is 2.64. The molecule has 6 bridgehead atoms. The van der Waals surface area contributed by atoms with Crippen molar-refractivity contribution in [1.29, 1.82) is 0 Å². The standard InChI is InChI=1S/C19H26/c1-9-4-10-6-15(9)18-3-2-14(18)13-8-19(18)16-7-11(10)5-12(16)17(13)19/h9-17H,2-8H2,1H3. The van der Waals surface area contributed by atoms with Gasteiger partial charge in [0.05, 0.1) is 0 Å². The molecule has 11 atom stereocenters. The van der Waals surface area contributed by atoms with E-state index in [2.05, 4.69) is 6.92 Å². The third-order valence-corrected chi connectivity index (χ3v) is 10.6. The van der Waals surface area contributed by atoms with E-state index in [1.165, 1.54) is 41.4 Å². The topological polar surface area (TPSA) is 0 Å². The Morgan fingerprint density at radius 1 is 0.789 bits per heavy atom. The molecule has 0 N–H and O–H groups in total. The Morgan fingerprint density at radius 3 is 2.47 bits per heavy atom. The van der Waals surface area contributed by atoms with Crippen molar-refractivity contribution in [3.8, 4) is 0 Å². The summed E-state index contributed by atoms with van der Waals surface area (Å²) in [7, 11) is 0. The van der Waals surface area contributed by atoms with E-state index in [0.717, 1.165) is 22.7 Å². The molecule has 0 amide bonds. The van der Waals surface area contributed by atoms with Crippen molar-refractivity contribution in [1.82, 2.24) is 0 Å². The van der Waals surface area contributed by atoms with E-state index in [1.54, 1.807) is 44.9 Å². The van der Waals surface area contributed by atoms with Crippen LogP contribution in [0.15, 0.2) is 0 Å². The number of rotatable bonds is 0. The zero-order chi connectivity index (χ0) is 12.1. The Balaban J connectivity index is 1.52. The zero-order valence-electron chi connectivity index (χ0n) is 12.1. The van der Waals surface area contributed by atoms with Gasteiger partial charge in [0.1, 0.15) is 0 Å². The van der Waals surface area contributed by atoms with Gasteiger partial charge in [0, 0.05) is 0 Å². The Morgan fingerprint density at radius 2 is 1.63 bits per heavy atom. The lowest BCUT2D eigenvalue weighted by atomic mass is 9.32. The Kier molecular flexibility index (Phi) is 1.27. The van der Waals surface area contributed by atoms with Crippen LogP contribution in [0.1, 0.15) is 51.9 Å². The van der Waals surface area contributed by atoms with Gasteiger partial charge in [-0.3, -0.25) is 0 Å². The predicted octanol–water partition coefficient (Wildman–Crippen LogP) is 4.35. The quantitative estimate of drug-likeness (QED) is 0.603. The van der Waals surface area contributed by atoms with Crippen molar-refractivity contribution in [3.05, 3.63) is 0 Å². The lowest BCUT2D eigenvalue weighted by Crippen LogP contribution is -2.67. The van der Waals surface area contributed by atoms with E-state index in [-0.39, 0.29) is 0 Å². The minimum atomic E-state index is 0.924. The molecule has 102 valence electrons. The van der Waals surface area contributed by atoms with Gasteiger partial charge in [-0.15, -0.1) is 0 Å². The average Bonchev–Trinajstić information content (AvgIpc) is 2.95. The summed E-state index contributed by atoms with van der Waals surface area (Å²) in [4.78, 5) is 0. The summed E-state index contributed by atoms with van der Waals surface area (Å²) in [5.74, 6) is 10.8. The number of hydrogen-bond donors (Lipinski definition) is 0. The molecule has 0 aromatic heterocycles. The first-order valence-electron chi connectivity index (χ1n) is 9.27. The van der Waals surface area contributed by atoms with E-state index in [4.69, 9.17) is 0 Å². The molecule has 0 aromatic carbocycles. The highest BCUT2D eigenvalue weighted by molar-refractivity contribution is 5.38. The van der Waals surface area contributed by atoms with Crippen molar-refractivity contribution in [2.75, 3.05) is 0 Å². The molecule has 7 aliphatic carbocycles. The SMILES string of the molecule is CC1CC2CC1C13CCC1C1CC34C3CC2CC3C14. The molecule has 7 rings (SSSR count). The second kappa shape index (κ2) is 2.46. The summed E-state index contributed by atoms with van der Waals surface area (Å²) in [6, 6.07) is 0. The van der Waals surface area contributed by atoms with Crippen LogP contribution >= 0.6 is 0 Å². The van der Waals surface area contributed by atoms with Gasteiger partial charge >= 0.3 is 0 Å². The third-order valence-electron chi connectivity index (χ3n) is 10.6. The van der Waals surface area contributed by atoms with Crippen molar-refractivity contribution >= 4 is 0 Å². The summed E-state index contributed by atoms with van der Waals surface area (Å²) in [5, 5.41) is 0. The van der Waals surface area contributed by atoms with Crippen LogP contribution in [0, 0.1) is 64.1 Å². The van der Waals surface area contributed by atoms with Crippen LogP contribution in [0.4, 0.5) is 0 Å². The van der Waals surface area contributed by atoms with E-state index < -0.39 is 0 Å². The highest BCUT2D eigenvalue weighted by Gasteiger charge is 2.90.